The van der Waals surface area contributed by atoms with Crippen LogP contribution in [-0.4, -0.2) is 6.04 Å². The lowest BCUT2D eigenvalue weighted by Crippen LogP contribution is -2.36. The predicted molar refractivity (Wildman–Crippen MR) is 68.7 cm³/mol. The Morgan fingerprint density at radius 1 is 1.24 bits per heavy atom. The molecule has 1 aromatic heterocycles. The summed E-state index contributed by atoms with van der Waals surface area (Å²) < 4.78 is 5.46. The van der Waals surface area contributed by atoms with Crippen LogP contribution >= 0.6 is 0 Å². The van der Waals surface area contributed by atoms with E-state index in [0.717, 1.165) is 17.6 Å². The van der Waals surface area contributed by atoms with Crippen LogP contribution in [-0.2, 0) is 0 Å². The van der Waals surface area contributed by atoms with E-state index < -0.39 is 0 Å². The summed E-state index contributed by atoms with van der Waals surface area (Å²) in [6.07, 6.45) is 10.4. The van der Waals surface area contributed by atoms with Crippen molar-refractivity contribution in [3.8, 4) is 0 Å². The van der Waals surface area contributed by atoms with E-state index in [1.807, 2.05) is 6.07 Å². The maximum atomic E-state index is 5.46. The van der Waals surface area contributed by atoms with Gasteiger partial charge in [0, 0.05) is 6.04 Å². The molecule has 2 saturated carbocycles. The molecule has 17 heavy (non-hydrogen) atoms. The van der Waals surface area contributed by atoms with E-state index in [1.54, 1.807) is 6.26 Å². The molecule has 2 unspecified atom stereocenters. The summed E-state index contributed by atoms with van der Waals surface area (Å²) >= 11 is 0. The van der Waals surface area contributed by atoms with Gasteiger partial charge in [0.25, 0.3) is 0 Å². The molecule has 2 fully saturated rings. The highest BCUT2D eigenvalue weighted by molar-refractivity contribution is 5.03. The van der Waals surface area contributed by atoms with Crippen LogP contribution in [0.2, 0.25) is 0 Å². The zero-order valence-electron chi connectivity index (χ0n) is 10.7. The molecule has 0 saturated heterocycles. The topological polar surface area (TPSA) is 25.2 Å². The maximum absolute atomic E-state index is 5.46. The fourth-order valence-corrected chi connectivity index (χ4v) is 3.35. The van der Waals surface area contributed by atoms with Gasteiger partial charge in [0.05, 0.1) is 12.3 Å². The van der Waals surface area contributed by atoms with Crippen molar-refractivity contribution in [2.45, 2.75) is 57.5 Å². The fraction of sp³-hybridized carbons (Fsp3) is 0.733. The van der Waals surface area contributed by atoms with Gasteiger partial charge in [-0.25, -0.2) is 0 Å². The van der Waals surface area contributed by atoms with Crippen LogP contribution in [0.5, 0.6) is 0 Å². The molecule has 2 nitrogen and oxygen atoms in total. The Morgan fingerprint density at radius 3 is 2.82 bits per heavy atom. The second kappa shape index (κ2) is 4.85. The Labute approximate surface area is 104 Å². The molecular formula is C15H23NO. The molecular weight excluding hydrogens is 210 g/mol. The van der Waals surface area contributed by atoms with E-state index >= 15 is 0 Å². The van der Waals surface area contributed by atoms with Crippen LogP contribution in [0.15, 0.2) is 22.8 Å². The van der Waals surface area contributed by atoms with E-state index in [1.165, 1.54) is 38.5 Å². The van der Waals surface area contributed by atoms with E-state index in [9.17, 15) is 0 Å². The summed E-state index contributed by atoms with van der Waals surface area (Å²) in [5, 5.41) is 3.74. The molecule has 3 rings (SSSR count). The number of rotatable bonds is 4. The van der Waals surface area contributed by atoms with E-state index in [2.05, 4.69) is 18.3 Å². The van der Waals surface area contributed by atoms with Gasteiger partial charge >= 0.3 is 0 Å². The van der Waals surface area contributed by atoms with Crippen molar-refractivity contribution in [2.75, 3.05) is 0 Å². The van der Waals surface area contributed by atoms with Gasteiger partial charge in [0.15, 0.2) is 0 Å². The molecule has 2 aliphatic carbocycles. The number of nitrogens with one attached hydrogen (secondary N) is 1. The highest BCUT2D eigenvalue weighted by Gasteiger charge is 2.34. The second-order valence-corrected chi connectivity index (χ2v) is 5.86. The van der Waals surface area contributed by atoms with Gasteiger partial charge in [-0.3, -0.25) is 0 Å². The summed E-state index contributed by atoms with van der Waals surface area (Å²) in [6, 6.07) is 5.10. The molecule has 0 bridgehead atoms. The third-order valence-electron chi connectivity index (χ3n) is 4.46. The fourth-order valence-electron chi connectivity index (χ4n) is 3.35. The normalized spacial score (nSPS) is 31.4. The monoisotopic (exact) mass is 233 g/mol. The molecule has 0 amide bonds. The van der Waals surface area contributed by atoms with E-state index in [-0.39, 0.29) is 0 Å². The lowest BCUT2D eigenvalue weighted by Gasteiger charge is -2.31. The zero-order valence-corrected chi connectivity index (χ0v) is 10.7. The van der Waals surface area contributed by atoms with Gasteiger partial charge in [-0.05, 0) is 56.6 Å². The Kier molecular flexibility index (Phi) is 3.24. The van der Waals surface area contributed by atoms with Crippen LogP contribution in [0.3, 0.4) is 0 Å². The van der Waals surface area contributed by atoms with Crippen LogP contribution in [0, 0.1) is 11.8 Å². The molecule has 1 aromatic rings. The van der Waals surface area contributed by atoms with E-state index in [0.29, 0.717) is 12.1 Å². The average molecular weight is 233 g/mol. The molecule has 2 heteroatoms. The van der Waals surface area contributed by atoms with E-state index in [4.69, 9.17) is 4.42 Å². The highest BCUT2D eigenvalue weighted by atomic mass is 16.3. The minimum absolute atomic E-state index is 0.355. The quantitative estimate of drug-likeness (QED) is 0.853. The first-order valence-corrected chi connectivity index (χ1v) is 7.12. The van der Waals surface area contributed by atoms with Gasteiger partial charge in [-0.1, -0.05) is 12.8 Å². The molecule has 1 heterocycles. The second-order valence-electron chi connectivity index (χ2n) is 5.86. The van der Waals surface area contributed by atoms with Crippen LogP contribution < -0.4 is 5.32 Å². The van der Waals surface area contributed by atoms with Crippen molar-refractivity contribution in [1.29, 1.82) is 0 Å². The Balaban J connectivity index is 1.53. The Bertz CT molecular complexity index is 342. The summed E-state index contributed by atoms with van der Waals surface area (Å²) in [5.74, 6) is 3.14. The standard InChI is InChI=1S/C15H23NO/c1-11(15-6-3-9-17-15)16-14-5-2-4-13(10-14)12-7-8-12/h3,6,9,11-14,16H,2,4-5,7-8,10H2,1H3/t11-,13?,14?/m1/s1. The largest absolute Gasteiger partial charge is 0.468 e. The van der Waals surface area contributed by atoms with Crippen LogP contribution in [0.25, 0.3) is 0 Å². The summed E-state index contributed by atoms with van der Waals surface area (Å²) in [4.78, 5) is 0. The highest BCUT2D eigenvalue weighted by Crippen LogP contribution is 2.44. The van der Waals surface area contributed by atoms with Gasteiger partial charge in [0.2, 0.25) is 0 Å². The SMILES string of the molecule is C[C@@H](NC1CCCC(C2CC2)C1)c1ccco1. The van der Waals surface area contributed by atoms with Crippen molar-refractivity contribution >= 4 is 0 Å². The molecule has 0 radical (unpaired) electrons. The van der Waals surface area contributed by atoms with Crippen molar-refractivity contribution in [3.63, 3.8) is 0 Å². The van der Waals surface area contributed by atoms with Crippen molar-refractivity contribution in [3.05, 3.63) is 24.2 Å². The average Bonchev–Trinajstić information content (AvgIpc) is 3.04. The van der Waals surface area contributed by atoms with Crippen LogP contribution in [0.4, 0.5) is 0 Å². The van der Waals surface area contributed by atoms with Crippen LogP contribution in [0.1, 0.15) is 57.3 Å². The number of hydrogen-bond donors (Lipinski definition) is 1. The third kappa shape index (κ3) is 2.74. The van der Waals surface area contributed by atoms with Crippen molar-refractivity contribution < 1.29 is 4.42 Å². The minimum Gasteiger partial charge on any atom is -0.468 e. The van der Waals surface area contributed by atoms with Gasteiger partial charge in [-0.2, -0.15) is 0 Å². The van der Waals surface area contributed by atoms with Crippen molar-refractivity contribution in [1.82, 2.24) is 5.32 Å². The number of furan rings is 1. The summed E-state index contributed by atoms with van der Waals surface area (Å²) in [7, 11) is 0. The summed E-state index contributed by atoms with van der Waals surface area (Å²) in [6.45, 7) is 2.21. The lowest BCUT2D eigenvalue weighted by atomic mass is 9.82. The minimum atomic E-state index is 0.355. The van der Waals surface area contributed by atoms with Gasteiger partial charge < -0.3 is 9.73 Å². The summed E-state index contributed by atoms with van der Waals surface area (Å²) in [5.41, 5.74) is 0. The molecule has 3 atom stereocenters. The molecule has 0 aromatic carbocycles. The zero-order chi connectivity index (χ0) is 11.7. The predicted octanol–water partition coefficient (Wildman–Crippen LogP) is 3.90. The first-order valence-electron chi connectivity index (χ1n) is 7.12. The van der Waals surface area contributed by atoms with Gasteiger partial charge in [-0.15, -0.1) is 0 Å². The molecule has 2 aliphatic rings. The first-order chi connectivity index (χ1) is 8.33. The molecule has 1 N–H and O–H groups in total. The molecule has 0 spiro atoms. The smallest absolute Gasteiger partial charge is 0.120 e. The number of hydrogen-bond acceptors (Lipinski definition) is 2. The maximum Gasteiger partial charge on any atom is 0.120 e. The molecule has 94 valence electrons. The Hall–Kier alpha value is -0.760. The molecule has 0 aliphatic heterocycles. The van der Waals surface area contributed by atoms with Gasteiger partial charge in [0.1, 0.15) is 5.76 Å². The lowest BCUT2D eigenvalue weighted by molar-refractivity contribution is 0.242. The first kappa shape index (κ1) is 11.3. The van der Waals surface area contributed by atoms with Crippen molar-refractivity contribution in [2.24, 2.45) is 11.8 Å². The third-order valence-corrected chi connectivity index (χ3v) is 4.46. The Morgan fingerprint density at radius 2 is 2.12 bits per heavy atom.